The Labute approximate surface area is 180 Å². The largest absolute Gasteiger partial charge is 0.280 e. The number of anilines is 1. The second-order valence-corrected chi connectivity index (χ2v) is 9.41. The minimum atomic E-state index is -3.67. The zero-order valence-electron chi connectivity index (χ0n) is 14.7. The molecule has 3 aromatic rings. The highest BCUT2D eigenvalue weighted by atomic mass is 35.5. The molecule has 0 spiro atoms. The van der Waals surface area contributed by atoms with E-state index in [2.05, 4.69) is 4.72 Å². The maximum atomic E-state index is 12.5. The summed E-state index contributed by atoms with van der Waals surface area (Å²) in [7, 11) is -3.67. The van der Waals surface area contributed by atoms with Crippen molar-refractivity contribution in [2.45, 2.75) is 17.7 Å². The first-order valence-electron chi connectivity index (χ1n) is 8.45. The van der Waals surface area contributed by atoms with Gasteiger partial charge in [0.05, 0.1) is 4.90 Å². The van der Waals surface area contributed by atoms with Gasteiger partial charge in [-0.2, -0.15) is 0 Å². The number of rotatable bonds is 7. The quantitative estimate of drug-likeness (QED) is 0.453. The molecule has 0 aliphatic rings. The standard InChI is InChI=1S/C21H17Cl2NO2S2/c22-17-6-8-19(9-7-17)24-28(25,26)21-10-4-15(5-11-21)13-20(27)14-16-2-1-3-18(23)12-16/h1-12,24H,13-14H2. The lowest BCUT2D eigenvalue weighted by molar-refractivity contribution is 0.601. The predicted molar refractivity (Wildman–Crippen MR) is 120 cm³/mol. The highest BCUT2D eigenvalue weighted by Gasteiger charge is 2.14. The van der Waals surface area contributed by atoms with Crippen molar-refractivity contribution in [2.24, 2.45) is 0 Å². The van der Waals surface area contributed by atoms with Crippen LogP contribution in [0.4, 0.5) is 5.69 Å². The molecule has 0 unspecified atom stereocenters. The van der Waals surface area contributed by atoms with E-state index < -0.39 is 10.0 Å². The zero-order valence-corrected chi connectivity index (χ0v) is 17.9. The van der Waals surface area contributed by atoms with Gasteiger partial charge in [0.2, 0.25) is 0 Å². The molecule has 0 radical (unpaired) electrons. The van der Waals surface area contributed by atoms with Crippen molar-refractivity contribution in [2.75, 3.05) is 4.72 Å². The number of hydrogen-bond donors (Lipinski definition) is 1. The van der Waals surface area contributed by atoms with Crippen LogP contribution in [0.3, 0.4) is 0 Å². The summed E-state index contributed by atoms with van der Waals surface area (Å²) in [6, 6.07) is 20.8. The molecule has 0 aliphatic heterocycles. The van der Waals surface area contributed by atoms with E-state index in [9.17, 15) is 8.42 Å². The van der Waals surface area contributed by atoms with Gasteiger partial charge in [0.15, 0.2) is 0 Å². The summed E-state index contributed by atoms with van der Waals surface area (Å²) in [6.07, 6.45) is 1.24. The molecule has 0 amide bonds. The molecule has 0 bridgehead atoms. The summed E-state index contributed by atoms with van der Waals surface area (Å²) in [5.74, 6) is 0. The smallest absolute Gasteiger partial charge is 0.261 e. The van der Waals surface area contributed by atoms with E-state index in [0.717, 1.165) is 16.0 Å². The van der Waals surface area contributed by atoms with Gasteiger partial charge in [-0.1, -0.05) is 59.7 Å². The number of benzene rings is 3. The van der Waals surface area contributed by atoms with Crippen LogP contribution < -0.4 is 4.72 Å². The molecule has 28 heavy (non-hydrogen) atoms. The van der Waals surface area contributed by atoms with Crippen LogP contribution in [0.25, 0.3) is 0 Å². The molecular weight excluding hydrogens is 433 g/mol. The molecule has 144 valence electrons. The summed E-state index contributed by atoms with van der Waals surface area (Å²) >= 11 is 17.3. The maximum Gasteiger partial charge on any atom is 0.261 e. The molecule has 7 heteroatoms. The molecule has 0 saturated heterocycles. The van der Waals surface area contributed by atoms with E-state index in [1.54, 1.807) is 48.5 Å². The minimum Gasteiger partial charge on any atom is -0.280 e. The molecule has 0 atom stereocenters. The molecule has 0 saturated carbocycles. The fourth-order valence-electron chi connectivity index (χ4n) is 2.68. The average Bonchev–Trinajstić information content (AvgIpc) is 2.64. The van der Waals surface area contributed by atoms with Crippen LogP contribution in [0.1, 0.15) is 11.1 Å². The number of sulfonamides is 1. The monoisotopic (exact) mass is 449 g/mol. The van der Waals surface area contributed by atoms with Crippen molar-refractivity contribution in [3.05, 3.63) is 94.0 Å². The Morgan fingerprint density at radius 3 is 2.11 bits per heavy atom. The summed E-state index contributed by atoms with van der Waals surface area (Å²) in [5.41, 5.74) is 2.47. The normalized spacial score (nSPS) is 11.2. The van der Waals surface area contributed by atoms with Crippen molar-refractivity contribution in [1.82, 2.24) is 0 Å². The fraction of sp³-hybridized carbons (Fsp3) is 0.0952. The third-order valence-electron chi connectivity index (χ3n) is 4.02. The van der Waals surface area contributed by atoms with Crippen LogP contribution in [-0.4, -0.2) is 13.3 Å². The van der Waals surface area contributed by atoms with Gasteiger partial charge < -0.3 is 0 Å². The zero-order chi connectivity index (χ0) is 20.1. The summed E-state index contributed by atoms with van der Waals surface area (Å²) in [5, 5.41) is 1.23. The lowest BCUT2D eigenvalue weighted by Gasteiger charge is -2.09. The first-order valence-corrected chi connectivity index (χ1v) is 11.1. The Morgan fingerprint density at radius 2 is 1.46 bits per heavy atom. The lowest BCUT2D eigenvalue weighted by Crippen LogP contribution is -2.13. The SMILES string of the molecule is O=S(=O)(Nc1ccc(Cl)cc1)c1ccc(CC(=S)Cc2cccc(Cl)c2)cc1. The van der Waals surface area contributed by atoms with Crippen molar-refractivity contribution in [3.8, 4) is 0 Å². The molecule has 1 N–H and O–H groups in total. The molecule has 3 rings (SSSR count). The van der Waals surface area contributed by atoms with E-state index in [1.807, 2.05) is 24.3 Å². The minimum absolute atomic E-state index is 0.187. The number of halogens is 2. The Hall–Kier alpha value is -1.92. The van der Waals surface area contributed by atoms with Gasteiger partial charge in [0, 0.05) is 33.4 Å². The van der Waals surface area contributed by atoms with E-state index in [1.165, 1.54) is 0 Å². The summed E-state index contributed by atoms with van der Waals surface area (Å²) < 4.78 is 27.6. The molecule has 3 aromatic carbocycles. The van der Waals surface area contributed by atoms with Crippen molar-refractivity contribution in [1.29, 1.82) is 0 Å². The summed E-state index contributed by atoms with van der Waals surface area (Å²) in [6.45, 7) is 0. The molecule has 0 aliphatic carbocycles. The lowest BCUT2D eigenvalue weighted by atomic mass is 10.0. The van der Waals surface area contributed by atoms with Gasteiger partial charge in [-0.25, -0.2) is 8.42 Å². The molecular formula is C21H17Cl2NO2S2. The van der Waals surface area contributed by atoms with Gasteiger partial charge in [-0.3, -0.25) is 4.72 Å². The first kappa shape index (κ1) is 20.8. The Bertz CT molecular complexity index is 1080. The van der Waals surface area contributed by atoms with Gasteiger partial charge in [0.1, 0.15) is 0 Å². The predicted octanol–water partition coefficient (Wildman–Crippen LogP) is 5.95. The van der Waals surface area contributed by atoms with Crippen LogP contribution in [0, 0.1) is 0 Å². The number of hydrogen-bond acceptors (Lipinski definition) is 3. The highest BCUT2D eigenvalue weighted by molar-refractivity contribution is 7.92. The van der Waals surface area contributed by atoms with Crippen LogP contribution in [0.2, 0.25) is 10.0 Å². The van der Waals surface area contributed by atoms with Crippen molar-refractivity contribution >= 4 is 56.0 Å². The second-order valence-electron chi connectivity index (χ2n) is 6.28. The van der Waals surface area contributed by atoms with Crippen LogP contribution in [0.5, 0.6) is 0 Å². The van der Waals surface area contributed by atoms with E-state index in [4.69, 9.17) is 35.4 Å². The van der Waals surface area contributed by atoms with Gasteiger partial charge >= 0.3 is 0 Å². The van der Waals surface area contributed by atoms with Crippen LogP contribution >= 0.6 is 35.4 Å². The number of nitrogens with one attached hydrogen (secondary N) is 1. The van der Waals surface area contributed by atoms with Crippen molar-refractivity contribution < 1.29 is 8.42 Å². The van der Waals surface area contributed by atoms with Gasteiger partial charge in [0.25, 0.3) is 10.0 Å². The summed E-state index contributed by atoms with van der Waals surface area (Å²) in [4.78, 5) is 1.05. The van der Waals surface area contributed by atoms with Gasteiger partial charge in [-0.15, -0.1) is 0 Å². The molecule has 0 aromatic heterocycles. The van der Waals surface area contributed by atoms with E-state index >= 15 is 0 Å². The molecule has 0 heterocycles. The third-order valence-corrected chi connectivity index (χ3v) is 6.19. The fourth-order valence-corrected chi connectivity index (χ4v) is 4.41. The first-order chi connectivity index (χ1) is 13.3. The maximum absolute atomic E-state index is 12.5. The Balaban J connectivity index is 1.65. The molecule has 3 nitrogen and oxygen atoms in total. The second kappa shape index (κ2) is 9.05. The highest BCUT2D eigenvalue weighted by Crippen LogP contribution is 2.19. The molecule has 0 fully saturated rings. The topological polar surface area (TPSA) is 46.2 Å². The van der Waals surface area contributed by atoms with E-state index in [0.29, 0.717) is 28.6 Å². The van der Waals surface area contributed by atoms with Crippen molar-refractivity contribution in [3.63, 3.8) is 0 Å². The van der Waals surface area contributed by atoms with E-state index in [-0.39, 0.29) is 4.90 Å². The van der Waals surface area contributed by atoms with Crippen LogP contribution in [-0.2, 0) is 22.9 Å². The Kier molecular flexibility index (Phi) is 6.73. The van der Waals surface area contributed by atoms with Crippen LogP contribution in [0.15, 0.2) is 77.7 Å². The van der Waals surface area contributed by atoms with Gasteiger partial charge in [-0.05, 0) is 59.7 Å². The Morgan fingerprint density at radius 1 is 0.821 bits per heavy atom. The average molecular weight is 450 g/mol. The number of thiocarbonyl (C=S) groups is 1. The third kappa shape index (κ3) is 5.79.